The van der Waals surface area contributed by atoms with Crippen LogP contribution in [-0.2, 0) is 14.3 Å². The Bertz CT molecular complexity index is 517. The zero-order valence-electron chi connectivity index (χ0n) is 12.4. The fourth-order valence-corrected chi connectivity index (χ4v) is 1.77. The summed E-state index contributed by atoms with van der Waals surface area (Å²) in [5.41, 5.74) is 0.489. The van der Waals surface area contributed by atoms with Crippen LogP contribution >= 0.6 is 11.6 Å². The number of nitrogens with one attached hydrogen (secondary N) is 2. The lowest BCUT2D eigenvalue weighted by atomic mass is 10.2. The normalized spacial score (nSPS) is 9.91. The number of hydrogen-bond donors (Lipinski definition) is 2. The van der Waals surface area contributed by atoms with Crippen molar-refractivity contribution in [3.8, 4) is 0 Å². The molecule has 0 bridgehead atoms. The first-order valence-electron chi connectivity index (χ1n) is 6.90. The summed E-state index contributed by atoms with van der Waals surface area (Å²) >= 11 is 5.74. The number of carbonyl (C=O) groups excluding carboxylic acids is 3. The molecule has 1 aromatic rings. The van der Waals surface area contributed by atoms with E-state index in [0.717, 1.165) is 0 Å². The van der Waals surface area contributed by atoms with Crippen LogP contribution in [0.1, 0.15) is 29.6 Å². The smallest absolute Gasteiger partial charge is 0.305 e. The number of halogens is 1. The Morgan fingerprint density at radius 2 is 1.73 bits per heavy atom. The molecule has 22 heavy (non-hydrogen) atoms. The maximum absolute atomic E-state index is 11.8. The first-order valence-corrected chi connectivity index (χ1v) is 7.28. The molecule has 0 unspecified atom stereocenters. The van der Waals surface area contributed by atoms with Crippen molar-refractivity contribution in [1.29, 1.82) is 0 Å². The predicted octanol–water partition coefficient (Wildman–Crippen LogP) is 1.53. The van der Waals surface area contributed by atoms with E-state index in [-0.39, 0.29) is 37.2 Å². The van der Waals surface area contributed by atoms with Gasteiger partial charge in [0.25, 0.3) is 5.91 Å². The highest BCUT2D eigenvalue weighted by Gasteiger charge is 2.07. The highest BCUT2D eigenvalue weighted by atomic mass is 35.5. The van der Waals surface area contributed by atoms with Gasteiger partial charge in [-0.3, -0.25) is 14.4 Å². The summed E-state index contributed by atoms with van der Waals surface area (Å²) in [4.78, 5) is 34.2. The Balaban J connectivity index is 2.15. The van der Waals surface area contributed by atoms with Crippen molar-refractivity contribution in [2.75, 3.05) is 20.2 Å². The van der Waals surface area contributed by atoms with Gasteiger partial charge in [-0.1, -0.05) is 11.6 Å². The molecule has 0 heterocycles. The number of rotatable bonds is 8. The van der Waals surface area contributed by atoms with Crippen LogP contribution in [0.25, 0.3) is 0 Å². The van der Waals surface area contributed by atoms with Crippen molar-refractivity contribution in [2.45, 2.75) is 19.3 Å². The van der Waals surface area contributed by atoms with Crippen LogP contribution in [0.2, 0.25) is 5.02 Å². The first kappa shape index (κ1) is 18.0. The van der Waals surface area contributed by atoms with Crippen molar-refractivity contribution in [1.82, 2.24) is 10.6 Å². The molecule has 7 heteroatoms. The van der Waals surface area contributed by atoms with Crippen molar-refractivity contribution in [3.63, 3.8) is 0 Å². The van der Waals surface area contributed by atoms with Gasteiger partial charge in [-0.2, -0.15) is 0 Å². The zero-order chi connectivity index (χ0) is 16.4. The van der Waals surface area contributed by atoms with E-state index in [9.17, 15) is 14.4 Å². The van der Waals surface area contributed by atoms with E-state index in [0.29, 0.717) is 23.6 Å². The van der Waals surface area contributed by atoms with Gasteiger partial charge in [0.2, 0.25) is 5.91 Å². The fourth-order valence-electron chi connectivity index (χ4n) is 1.64. The summed E-state index contributed by atoms with van der Waals surface area (Å²) in [5.74, 6) is -0.735. The number of hydrogen-bond acceptors (Lipinski definition) is 4. The summed E-state index contributed by atoms with van der Waals surface area (Å²) in [6.45, 7) is 0.642. The van der Waals surface area contributed by atoms with Crippen LogP contribution in [-0.4, -0.2) is 38.0 Å². The van der Waals surface area contributed by atoms with Crippen LogP contribution in [0, 0.1) is 0 Å². The quantitative estimate of drug-likeness (QED) is 0.560. The Labute approximate surface area is 134 Å². The monoisotopic (exact) mass is 326 g/mol. The molecule has 0 radical (unpaired) electrons. The third-order valence-electron chi connectivity index (χ3n) is 2.85. The van der Waals surface area contributed by atoms with Gasteiger partial charge >= 0.3 is 5.97 Å². The van der Waals surface area contributed by atoms with Gasteiger partial charge in [-0.15, -0.1) is 0 Å². The number of ether oxygens (including phenoxy) is 1. The Morgan fingerprint density at radius 3 is 2.36 bits per heavy atom. The minimum absolute atomic E-state index is 0.178. The van der Waals surface area contributed by atoms with Gasteiger partial charge in [0, 0.05) is 36.5 Å². The van der Waals surface area contributed by atoms with Gasteiger partial charge in [-0.05, 0) is 30.7 Å². The highest BCUT2D eigenvalue weighted by molar-refractivity contribution is 6.30. The molecular weight excluding hydrogens is 308 g/mol. The number of carbonyl (C=O) groups is 3. The van der Waals surface area contributed by atoms with Crippen molar-refractivity contribution >= 4 is 29.4 Å². The van der Waals surface area contributed by atoms with Gasteiger partial charge < -0.3 is 15.4 Å². The number of amides is 2. The minimum atomic E-state index is -0.301. The lowest BCUT2D eigenvalue weighted by Crippen LogP contribution is -2.31. The number of esters is 1. The van der Waals surface area contributed by atoms with Gasteiger partial charge in [0.15, 0.2) is 0 Å². The summed E-state index contributed by atoms with van der Waals surface area (Å²) in [7, 11) is 1.32. The molecule has 0 aliphatic carbocycles. The average Bonchev–Trinajstić information content (AvgIpc) is 2.51. The average molecular weight is 327 g/mol. The summed E-state index contributed by atoms with van der Waals surface area (Å²) in [6.07, 6.45) is 0.969. The molecule has 6 nitrogen and oxygen atoms in total. The molecular formula is C15H19ClN2O4. The standard InChI is InChI=1S/C15H19ClN2O4/c1-22-14(20)3-2-9-17-13(19)8-10-18-15(21)11-4-6-12(16)7-5-11/h4-7H,2-3,8-10H2,1H3,(H,17,19)(H,18,21). The number of benzene rings is 1. The van der Waals surface area contributed by atoms with E-state index in [1.807, 2.05) is 0 Å². The second kappa shape index (κ2) is 9.78. The molecule has 0 aromatic heterocycles. The maximum atomic E-state index is 11.8. The third-order valence-corrected chi connectivity index (χ3v) is 3.10. The predicted molar refractivity (Wildman–Crippen MR) is 82.7 cm³/mol. The molecule has 0 saturated carbocycles. The number of methoxy groups -OCH3 is 1. The Kier molecular flexibility index (Phi) is 7.99. The topological polar surface area (TPSA) is 84.5 Å². The second-order valence-corrected chi connectivity index (χ2v) is 4.98. The summed E-state index contributed by atoms with van der Waals surface area (Å²) in [5, 5.41) is 5.88. The van der Waals surface area contributed by atoms with Crippen LogP contribution in [0.3, 0.4) is 0 Å². The lowest BCUT2D eigenvalue weighted by molar-refractivity contribution is -0.140. The van der Waals surface area contributed by atoms with Crippen LogP contribution in [0.5, 0.6) is 0 Å². The first-order chi connectivity index (χ1) is 10.5. The largest absolute Gasteiger partial charge is 0.469 e. The molecule has 0 spiro atoms. The molecule has 1 aromatic carbocycles. The highest BCUT2D eigenvalue weighted by Crippen LogP contribution is 2.09. The van der Waals surface area contributed by atoms with E-state index in [1.54, 1.807) is 24.3 Å². The van der Waals surface area contributed by atoms with Crippen molar-refractivity contribution in [3.05, 3.63) is 34.9 Å². The summed E-state index contributed by atoms with van der Waals surface area (Å²) in [6, 6.07) is 6.49. The molecule has 2 N–H and O–H groups in total. The lowest BCUT2D eigenvalue weighted by Gasteiger charge is -2.06. The van der Waals surface area contributed by atoms with E-state index < -0.39 is 0 Å². The van der Waals surface area contributed by atoms with Crippen molar-refractivity contribution < 1.29 is 19.1 Å². The van der Waals surface area contributed by atoms with Gasteiger partial charge in [-0.25, -0.2) is 0 Å². The molecule has 0 aliphatic rings. The molecule has 0 fully saturated rings. The summed E-state index contributed by atoms with van der Waals surface area (Å²) < 4.78 is 4.49. The van der Waals surface area contributed by atoms with E-state index in [1.165, 1.54) is 7.11 Å². The SMILES string of the molecule is COC(=O)CCCNC(=O)CCNC(=O)c1ccc(Cl)cc1. The van der Waals surface area contributed by atoms with Gasteiger partial charge in [0.05, 0.1) is 7.11 Å². The molecule has 0 aliphatic heterocycles. The minimum Gasteiger partial charge on any atom is -0.469 e. The zero-order valence-corrected chi connectivity index (χ0v) is 13.1. The van der Waals surface area contributed by atoms with E-state index in [2.05, 4.69) is 15.4 Å². The van der Waals surface area contributed by atoms with Gasteiger partial charge in [0.1, 0.15) is 0 Å². The molecule has 0 saturated heterocycles. The maximum Gasteiger partial charge on any atom is 0.305 e. The van der Waals surface area contributed by atoms with Crippen LogP contribution in [0.4, 0.5) is 0 Å². The molecule has 1 rings (SSSR count). The molecule has 2 amide bonds. The van der Waals surface area contributed by atoms with Crippen molar-refractivity contribution in [2.24, 2.45) is 0 Å². The Morgan fingerprint density at radius 1 is 1.05 bits per heavy atom. The fraction of sp³-hybridized carbons (Fsp3) is 0.400. The van der Waals surface area contributed by atoms with Crippen LogP contribution < -0.4 is 10.6 Å². The third kappa shape index (κ3) is 7.08. The van der Waals surface area contributed by atoms with E-state index in [4.69, 9.17) is 11.6 Å². The van der Waals surface area contributed by atoms with Crippen LogP contribution in [0.15, 0.2) is 24.3 Å². The molecule has 120 valence electrons. The Hall–Kier alpha value is -2.08. The molecule has 0 atom stereocenters. The van der Waals surface area contributed by atoms with E-state index >= 15 is 0 Å². The second-order valence-electron chi connectivity index (χ2n) is 4.54.